The standard InChI is InChI=1S/C14H19ClN2O2/c1-9-8-17(2)7-6-11(9)16-12-5-3-4-10(15)13(12)14(18)19/h3-5,9,11,16H,6-8H2,1-2H3,(H,18,19). The number of halogens is 1. The lowest BCUT2D eigenvalue weighted by Crippen LogP contribution is -2.43. The van der Waals surface area contributed by atoms with Gasteiger partial charge in [0, 0.05) is 12.6 Å². The molecule has 2 rings (SSSR count). The lowest BCUT2D eigenvalue weighted by Gasteiger charge is -2.36. The van der Waals surface area contributed by atoms with Crippen molar-refractivity contribution < 1.29 is 9.90 Å². The van der Waals surface area contributed by atoms with Crippen LogP contribution in [0.15, 0.2) is 18.2 Å². The third-order valence-corrected chi connectivity index (χ3v) is 3.99. The van der Waals surface area contributed by atoms with Gasteiger partial charge in [0.2, 0.25) is 0 Å². The number of anilines is 1. The Morgan fingerprint density at radius 3 is 2.89 bits per heavy atom. The highest BCUT2D eigenvalue weighted by Gasteiger charge is 2.25. The van der Waals surface area contributed by atoms with E-state index in [1.165, 1.54) is 0 Å². The van der Waals surface area contributed by atoms with Crippen molar-refractivity contribution in [3.63, 3.8) is 0 Å². The van der Waals surface area contributed by atoms with Crippen LogP contribution in [0.5, 0.6) is 0 Å². The van der Waals surface area contributed by atoms with Gasteiger partial charge in [-0.05, 0) is 38.1 Å². The summed E-state index contributed by atoms with van der Waals surface area (Å²) >= 11 is 5.97. The molecule has 0 aliphatic carbocycles. The van der Waals surface area contributed by atoms with Gasteiger partial charge in [-0.1, -0.05) is 24.6 Å². The fourth-order valence-electron chi connectivity index (χ4n) is 2.63. The van der Waals surface area contributed by atoms with Crippen molar-refractivity contribution in [2.45, 2.75) is 19.4 Å². The fraction of sp³-hybridized carbons (Fsp3) is 0.500. The lowest BCUT2D eigenvalue weighted by molar-refractivity contribution is 0.0698. The molecule has 1 fully saturated rings. The Hall–Kier alpha value is -1.26. The van der Waals surface area contributed by atoms with Crippen molar-refractivity contribution in [2.75, 3.05) is 25.5 Å². The minimum absolute atomic E-state index is 0.162. The largest absolute Gasteiger partial charge is 0.478 e. The molecule has 0 saturated carbocycles. The first-order valence-corrected chi connectivity index (χ1v) is 6.83. The monoisotopic (exact) mass is 282 g/mol. The van der Waals surface area contributed by atoms with Gasteiger partial charge in [0.1, 0.15) is 5.56 Å². The van der Waals surface area contributed by atoms with Crippen molar-refractivity contribution in [1.29, 1.82) is 0 Å². The zero-order chi connectivity index (χ0) is 14.0. The first-order valence-electron chi connectivity index (χ1n) is 6.46. The Morgan fingerprint density at radius 2 is 2.26 bits per heavy atom. The van der Waals surface area contributed by atoms with Gasteiger partial charge < -0.3 is 15.3 Å². The van der Waals surface area contributed by atoms with E-state index in [1.807, 2.05) is 0 Å². The summed E-state index contributed by atoms with van der Waals surface area (Å²) < 4.78 is 0. The Morgan fingerprint density at radius 1 is 1.53 bits per heavy atom. The third kappa shape index (κ3) is 3.19. The molecule has 1 aliphatic rings. The number of nitrogens with one attached hydrogen (secondary N) is 1. The van der Waals surface area contributed by atoms with E-state index in [0.29, 0.717) is 11.6 Å². The zero-order valence-corrected chi connectivity index (χ0v) is 11.9. The predicted octanol–water partition coefficient (Wildman–Crippen LogP) is 2.79. The summed E-state index contributed by atoms with van der Waals surface area (Å²) in [6.45, 7) is 4.21. The van der Waals surface area contributed by atoms with Gasteiger partial charge in [-0.15, -0.1) is 0 Å². The Labute approximate surface area is 118 Å². The summed E-state index contributed by atoms with van der Waals surface area (Å²) in [5.74, 6) is -0.520. The molecule has 0 spiro atoms. The number of piperidine rings is 1. The molecule has 2 N–H and O–H groups in total. The van der Waals surface area contributed by atoms with Crippen LogP contribution in [0.2, 0.25) is 5.02 Å². The van der Waals surface area contributed by atoms with E-state index in [1.54, 1.807) is 18.2 Å². The second-order valence-electron chi connectivity index (χ2n) is 5.25. The van der Waals surface area contributed by atoms with E-state index < -0.39 is 5.97 Å². The van der Waals surface area contributed by atoms with Gasteiger partial charge in [0.25, 0.3) is 0 Å². The molecular weight excluding hydrogens is 264 g/mol. The van der Waals surface area contributed by atoms with Gasteiger partial charge in [-0.3, -0.25) is 0 Å². The third-order valence-electron chi connectivity index (χ3n) is 3.68. The van der Waals surface area contributed by atoms with Gasteiger partial charge in [0.15, 0.2) is 0 Å². The molecule has 1 aliphatic heterocycles. The number of carboxylic acids is 1. The summed E-state index contributed by atoms with van der Waals surface area (Å²) in [5.41, 5.74) is 0.775. The van der Waals surface area contributed by atoms with Crippen LogP contribution >= 0.6 is 11.6 Å². The minimum atomic E-state index is -0.992. The second kappa shape index (κ2) is 5.80. The van der Waals surface area contributed by atoms with Gasteiger partial charge in [0.05, 0.1) is 10.7 Å². The van der Waals surface area contributed by atoms with Crippen LogP contribution in [-0.4, -0.2) is 42.2 Å². The maximum absolute atomic E-state index is 11.3. The van der Waals surface area contributed by atoms with E-state index >= 15 is 0 Å². The molecular formula is C14H19ClN2O2. The minimum Gasteiger partial charge on any atom is -0.478 e. The lowest BCUT2D eigenvalue weighted by atomic mass is 9.93. The number of benzene rings is 1. The summed E-state index contributed by atoms with van der Waals surface area (Å²) in [4.78, 5) is 13.6. The molecule has 1 aromatic rings. The second-order valence-corrected chi connectivity index (χ2v) is 5.65. The van der Waals surface area contributed by atoms with Crippen LogP contribution in [0.3, 0.4) is 0 Å². The maximum atomic E-state index is 11.3. The molecule has 5 heteroatoms. The molecule has 1 saturated heterocycles. The number of aromatic carboxylic acids is 1. The van der Waals surface area contributed by atoms with Crippen molar-refractivity contribution >= 4 is 23.3 Å². The number of likely N-dealkylation sites (tertiary alicyclic amines) is 1. The van der Waals surface area contributed by atoms with E-state index in [9.17, 15) is 9.90 Å². The fourth-order valence-corrected chi connectivity index (χ4v) is 2.89. The SMILES string of the molecule is CC1CN(C)CCC1Nc1cccc(Cl)c1C(=O)O. The van der Waals surface area contributed by atoms with Gasteiger partial charge in [-0.2, -0.15) is 0 Å². The molecule has 0 aromatic heterocycles. The molecule has 4 nitrogen and oxygen atoms in total. The van der Waals surface area contributed by atoms with Crippen molar-refractivity contribution in [3.8, 4) is 0 Å². The maximum Gasteiger partial charge on any atom is 0.339 e. The molecule has 2 atom stereocenters. The average Bonchev–Trinajstić information content (AvgIpc) is 2.32. The molecule has 2 unspecified atom stereocenters. The van der Waals surface area contributed by atoms with Crippen molar-refractivity contribution in [1.82, 2.24) is 4.90 Å². The quantitative estimate of drug-likeness (QED) is 0.895. The number of hydrogen-bond donors (Lipinski definition) is 2. The number of hydrogen-bond acceptors (Lipinski definition) is 3. The van der Waals surface area contributed by atoms with Gasteiger partial charge in [-0.25, -0.2) is 4.79 Å². The Balaban J connectivity index is 2.19. The molecule has 104 valence electrons. The van der Waals surface area contributed by atoms with E-state index in [0.717, 1.165) is 19.5 Å². The van der Waals surface area contributed by atoms with Crippen molar-refractivity contribution in [3.05, 3.63) is 28.8 Å². The summed E-state index contributed by atoms with van der Waals surface area (Å²) in [7, 11) is 2.11. The summed E-state index contributed by atoms with van der Waals surface area (Å²) in [5, 5.41) is 12.9. The Kier molecular flexibility index (Phi) is 4.32. The first-order chi connectivity index (χ1) is 8.99. The highest BCUT2D eigenvalue weighted by Crippen LogP contribution is 2.27. The van der Waals surface area contributed by atoms with Crippen LogP contribution in [0.25, 0.3) is 0 Å². The highest BCUT2D eigenvalue weighted by molar-refractivity contribution is 6.34. The molecule has 1 heterocycles. The van der Waals surface area contributed by atoms with E-state index in [-0.39, 0.29) is 16.6 Å². The Bertz CT molecular complexity index is 479. The smallest absolute Gasteiger partial charge is 0.339 e. The normalized spacial score (nSPS) is 24.2. The highest BCUT2D eigenvalue weighted by atomic mass is 35.5. The van der Waals surface area contributed by atoms with E-state index in [4.69, 9.17) is 11.6 Å². The van der Waals surface area contributed by atoms with Crippen LogP contribution < -0.4 is 5.32 Å². The van der Waals surface area contributed by atoms with Crippen LogP contribution in [0.1, 0.15) is 23.7 Å². The molecule has 0 radical (unpaired) electrons. The molecule has 0 amide bonds. The van der Waals surface area contributed by atoms with Gasteiger partial charge >= 0.3 is 5.97 Å². The first kappa shape index (κ1) is 14.2. The van der Waals surface area contributed by atoms with Crippen LogP contribution in [0, 0.1) is 5.92 Å². The van der Waals surface area contributed by atoms with E-state index in [2.05, 4.69) is 24.2 Å². The number of nitrogens with zero attached hydrogens (tertiary/aromatic N) is 1. The van der Waals surface area contributed by atoms with Crippen molar-refractivity contribution in [2.24, 2.45) is 5.92 Å². The molecule has 0 bridgehead atoms. The molecule has 1 aromatic carbocycles. The molecule has 19 heavy (non-hydrogen) atoms. The summed E-state index contributed by atoms with van der Waals surface area (Å²) in [6, 6.07) is 5.44. The topological polar surface area (TPSA) is 52.6 Å². The number of carboxylic acid groups (broad SMARTS) is 1. The number of rotatable bonds is 3. The predicted molar refractivity (Wildman–Crippen MR) is 77.1 cm³/mol. The van der Waals surface area contributed by atoms with Crippen LogP contribution in [0.4, 0.5) is 5.69 Å². The number of carbonyl (C=O) groups is 1. The van der Waals surface area contributed by atoms with Crippen LogP contribution in [-0.2, 0) is 0 Å². The summed E-state index contributed by atoms with van der Waals surface area (Å²) in [6.07, 6.45) is 1.00. The average molecular weight is 283 g/mol. The zero-order valence-electron chi connectivity index (χ0n) is 11.2.